The predicted molar refractivity (Wildman–Crippen MR) is 120 cm³/mol. The van der Waals surface area contributed by atoms with Crippen molar-refractivity contribution in [3.63, 3.8) is 0 Å². The summed E-state index contributed by atoms with van der Waals surface area (Å²) in [4.78, 5) is 0. The molecule has 0 spiro atoms. The van der Waals surface area contributed by atoms with Crippen molar-refractivity contribution < 1.29 is 34.0 Å². The zero-order valence-corrected chi connectivity index (χ0v) is 18.6. The van der Waals surface area contributed by atoms with Crippen LogP contribution in [-0.2, 0) is 40.0 Å². The fourth-order valence-electron chi connectivity index (χ4n) is 3.13. The first-order chi connectivity index (χ1) is 14.9. The number of hydrogen-bond donors (Lipinski definition) is 5. The van der Waals surface area contributed by atoms with Gasteiger partial charge in [-0.1, -0.05) is 24.3 Å². The van der Waals surface area contributed by atoms with Gasteiger partial charge in [-0.3, -0.25) is 14.1 Å². The highest BCUT2D eigenvalue weighted by molar-refractivity contribution is 7.55. The third-order valence-corrected chi connectivity index (χ3v) is 6.29. The van der Waals surface area contributed by atoms with Crippen LogP contribution in [0.5, 0.6) is 0 Å². The second kappa shape index (κ2) is 12.1. The molecule has 2 aromatic carbocycles. The fraction of sp³-hybridized carbons (Fsp3) is 0.364. The molecule has 170 valence electrons. The van der Waals surface area contributed by atoms with Crippen LogP contribution in [0.2, 0.25) is 0 Å². The molecule has 9 heteroatoms. The van der Waals surface area contributed by atoms with Gasteiger partial charge in [-0.05, 0) is 59.9 Å². The zero-order valence-electron chi connectivity index (χ0n) is 17.7. The number of nitrogens with one attached hydrogen (secondary N) is 1. The van der Waals surface area contributed by atoms with Crippen LogP contribution in [-0.4, -0.2) is 33.6 Å². The lowest BCUT2D eigenvalue weighted by Gasteiger charge is -2.20. The lowest BCUT2D eigenvalue weighted by atomic mass is 9.98. The van der Waals surface area contributed by atoms with Crippen LogP contribution in [0.25, 0.3) is 12.2 Å². The first kappa shape index (κ1) is 25.2. The lowest BCUT2D eigenvalue weighted by molar-refractivity contribution is 0.225. The highest BCUT2D eigenvalue weighted by Gasteiger charge is 2.24. The summed E-state index contributed by atoms with van der Waals surface area (Å²) >= 11 is 0. The Kier molecular flexibility index (Phi) is 9.87. The molecule has 2 rings (SSSR count). The van der Waals surface area contributed by atoms with Gasteiger partial charge in [-0.2, -0.15) is 0 Å². The highest BCUT2D eigenvalue weighted by atomic mass is 31.2. The molecule has 0 fully saturated rings. The molecule has 8 nitrogen and oxygen atoms in total. The van der Waals surface area contributed by atoms with Gasteiger partial charge in [0.05, 0.1) is 39.6 Å². The molecule has 31 heavy (non-hydrogen) atoms. The molecular weight excluding hydrogens is 421 g/mol. The Labute approximate surface area is 182 Å². The van der Waals surface area contributed by atoms with Gasteiger partial charge in [-0.25, -0.2) is 4.57 Å². The molecule has 0 aromatic heterocycles. The Morgan fingerprint density at radius 2 is 1.35 bits per heavy atom. The molecule has 0 saturated heterocycles. The predicted octanol–water partition coefficient (Wildman–Crippen LogP) is 3.42. The normalized spacial score (nSPS) is 11.9. The van der Waals surface area contributed by atoms with Crippen LogP contribution in [0.15, 0.2) is 30.3 Å². The van der Waals surface area contributed by atoms with E-state index in [1.165, 1.54) is 0 Å². The minimum atomic E-state index is -3.57. The Balaban J connectivity index is 2.37. The summed E-state index contributed by atoms with van der Waals surface area (Å²) in [5.41, 5.74) is 4.05. The van der Waals surface area contributed by atoms with E-state index in [1.807, 2.05) is 0 Å². The molecule has 0 unspecified atom stereocenters. The highest BCUT2D eigenvalue weighted by Crippen LogP contribution is 2.48. The van der Waals surface area contributed by atoms with Crippen molar-refractivity contribution in [3.8, 4) is 0 Å². The van der Waals surface area contributed by atoms with E-state index in [0.717, 1.165) is 11.1 Å². The summed E-state index contributed by atoms with van der Waals surface area (Å²) in [6, 6.07) is 8.69. The largest absolute Gasteiger partial charge is 0.432 e. The summed E-state index contributed by atoms with van der Waals surface area (Å²) < 4.78 is 23.4. The summed E-state index contributed by atoms with van der Waals surface area (Å²) in [6.45, 7) is 2.78. The van der Waals surface area contributed by atoms with E-state index in [9.17, 15) is 25.0 Å². The maximum Gasteiger partial charge on any atom is 0.432 e. The summed E-state index contributed by atoms with van der Waals surface area (Å²) in [6.07, 6.45) is 3.59. The van der Waals surface area contributed by atoms with E-state index < -0.39 is 7.75 Å². The van der Waals surface area contributed by atoms with E-state index in [2.05, 4.69) is 5.09 Å². The van der Waals surface area contributed by atoms with Crippen molar-refractivity contribution in [2.24, 2.45) is 0 Å². The maximum absolute atomic E-state index is 12.8. The summed E-state index contributed by atoms with van der Waals surface area (Å²) in [5.74, 6) is 0. The van der Waals surface area contributed by atoms with Gasteiger partial charge in [0.15, 0.2) is 0 Å². The molecular formula is C22H30NO7P. The van der Waals surface area contributed by atoms with Crippen LogP contribution in [0, 0.1) is 0 Å². The van der Waals surface area contributed by atoms with E-state index in [4.69, 9.17) is 9.05 Å². The van der Waals surface area contributed by atoms with Crippen molar-refractivity contribution >= 4 is 25.6 Å². The maximum atomic E-state index is 12.8. The van der Waals surface area contributed by atoms with Crippen LogP contribution < -0.4 is 5.09 Å². The fourth-order valence-corrected chi connectivity index (χ4v) is 4.51. The average molecular weight is 451 g/mol. The van der Waals surface area contributed by atoms with E-state index in [0.29, 0.717) is 27.9 Å². The van der Waals surface area contributed by atoms with Crippen molar-refractivity contribution in [2.75, 3.05) is 18.3 Å². The van der Waals surface area contributed by atoms with Crippen LogP contribution >= 0.6 is 7.75 Å². The second-order valence-electron chi connectivity index (χ2n) is 6.64. The molecule has 0 radical (unpaired) electrons. The Hall–Kier alpha value is -2.03. The Bertz CT molecular complexity index is 910. The number of aliphatic hydroxyl groups excluding tert-OH is 4. The van der Waals surface area contributed by atoms with Crippen molar-refractivity contribution in [1.29, 1.82) is 0 Å². The molecule has 0 amide bonds. The van der Waals surface area contributed by atoms with Crippen LogP contribution in [0.1, 0.15) is 47.2 Å². The monoisotopic (exact) mass is 451 g/mol. The SMILES string of the molecule is CCOP(=O)(Nc1cc(/C=C\c2cc(CO)c(CO)c(CO)c2)ccc1CO)OCC. The molecule has 2 aromatic rings. The first-order valence-corrected chi connectivity index (χ1v) is 11.5. The Morgan fingerprint density at radius 3 is 1.84 bits per heavy atom. The van der Waals surface area contributed by atoms with Crippen LogP contribution in [0.3, 0.4) is 0 Å². The van der Waals surface area contributed by atoms with Crippen molar-refractivity contribution in [2.45, 2.75) is 40.3 Å². The van der Waals surface area contributed by atoms with Gasteiger partial charge in [0.1, 0.15) is 0 Å². The van der Waals surface area contributed by atoms with Gasteiger partial charge in [0.2, 0.25) is 0 Å². The molecule has 0 saturated carbocycles. The number of aliphatic hydroxyl groups is 4. The standard InChI is InChI=1S/C22H30NO7P/c1-3-29-31(28,30-4-2)23-22-11-16(7-8-18(22)12-24)5-6-17-9-19(13-25)21(15-27)20(10-17)14-26/h5-11,24-27H,3-4,12-15H2,1-2H3,(H,23,28)/b6-5-. The lowest BCUT2D eigenvalue weighted by Crippen LogP contribution is -2.07. The van der Waals surface area contributed by atoms with Gasteiger partial charge in [-0.15, -0.1) is 0 Å². The number of anilines is 1. The van der Waals surface area contributed by atoms with Crippen molar-refractivity contribution in [3.05, 3.63) is 63.7 Å². The van der Waals surface area contributed by atoms with Gasteiger partial charge >= 0.3 is 7.75 Å². The van der Waals surface area contributed by atoms with E-state index in [-0.39, 0.29) is 39.6 Å². The topological polar surface area (TPSA) is 128 Å². The third-order valence-electron chi connectivity index (χ3n) is 4.58. The van der Waals surface area contributed by atoms with Gasteiger partial charge in [0.25, 0.3) is 0 Å². The first-order valence-electron chi connectivity index (χ1n) is 10.00. The average Bonchev–Trinajstić information content (AvgIpc) is 2.77. The molecule has 0 bridgehead atoms. The number of hydrogen-bond acceptors (Lipinski definition) is 7. The number of benzene rings is 2. The second-order valence-corrected chi connectivity index (χ2v) is 8.38. The molecule has 0 atom stereocenters. The zero-order chi connectivity index (χ0) is 22.9. The number of rotatable bonds is 12. The molecule has 0 aliphatic heterocycles. The Morgan fingerprint density at radius 1 is 0.806 bits per heavy atom. The molecule has 0 aliphatic carbocycles. The minimum Gasteiger partial charge on any atom is -0.392 e. The van der Waals surface area contributed by atoms with Gasteiger partial charge < -0.3 is 20.4 Å². The van der Waals surface area contributed by atoms with E-state index >= 15 is 0 Å². The summed E-state index contributed by atoms with van der Waals surface area (Å²) in [7, 11) is -3.57. The molecule has 0 heterocycles. The van der Waals surface area contributed by atoms with Crippen molar-refractivity contribution in [1.82, 2.24) is 0 Å². The molecule has 5 N–H and O–H groups in total. The third kappa shape index (κ3) is 6.72. The van der Waals surface area contributed by atoms with Gasteiger partial charge in [0, 0.05) is 11.3 Å². The summed E-state index contributed by atoms with van der Waals surface area (Å²) in [5, 5.41) is 41.1. The minimum absolute atomic E-state index is 0.197. The quantitative estimate of drug-likeness (QED) is 0.245. The van der Waals surface area contributed by atoms with Crippen LogP contribution in [0.4, 0.5) is 5.69 Å². The molecule has 0 aliphatic rings. The smallest absolute Gasteiger partial charge is 0.392 e. The van der Waals surface area contributed by atoms with E-state index in [1.54, 1.807) is 56.3 Å².